The number of methoxy groups -OCH3 is 3. The number of pyridine rings is 4. The third-order valence-corrected chi connectivity index (χ3v) is 9.41. The monoisotopic (exact) mass is 922 g/mol. The molecule has 6 heterocycles. The number of unbranched alkanes of at least 4 members (excludes halogenated alkanes) is 3. The number of aromatic nitrogens is 6. The Morgan fingerprint density at radius 1 is 0.707 bits per heavy atom. The van der Waals surface area contributed by atoms with E-state index >= 15 is 0 Å². The molecule has 0 bridgehead atoms. The van der Waals surface area contributed by atoms with Gasteiger partial charge in [0, 0.05) is 39.6 Å². The quantitative estimate of drug-likeness (QED) is 0.0497. The first kappa shape index (κ1) is 45.3. The molecule has 12 nitrogen and oxygen atoms in total. The van der Waals surface area contributed by atoms with Crippen molar-refractivity contribution in [1.82, 2.24) is 30.1 Å². The van der Waals surface area contributed by atoms with Gasteiger partial charge >= 0.3 is 51.1 Å². The number of hydrogen-bond acceptors (Lipinski definition) is 12. The average molecular weight is 922 g/mol. The average Bonchev–Trinajstić information content (AvgIpc) is 3.97. The summed E-state index contributed by atoms with van der Waals surface area (Å²) in [7, 11) is 8.38. The normalized spacial score (nSPS) is 10.7. The standard InChI is InChI=1S/C21H17N3O6.C19H19F3N3S.ClH.Ru/c1-28-19(25)12-4-6-22-15(8-12)17-10-14(21(27)30-3)11-18(24-17)16-9-13(5-7-23-16)20(26)29-2;1-2-3-4-5-6-14-8-10-17(26-14)13-7-9-15(23-12-13)16-11-18(25-24-16)19(20,21)22;;/h4-11H,1-3H3;7-12H,2-6H2,1H3;1H;/q;-1;;+2/p-1. The number of carbonyl (C=O) groups is 3. The fraction of sp³-hybridized carbons (Fsp3) is 0.250. The third-order valence-electron chi connectivity index (χ3n) is 8.21. The van der Waals surface area contributed by atoms with Gasteiger partial charge in [0.15, 0.2) is 0 Å². The summed E-state index contributed by atoms with van der Waals surface area (Å²) in [6, 6.07) is 17.6. The molecule has 6 rings (SSSR count). The number of rotatable bonds is 12. The van der Waals surface area contributed by atoms with E-state index in [9.17, 15) is 27.6 Å². The van der Waals surface area contributed by atoms with Crippen LogP contribution in [0.15, 0.2) is 85.3 Å². The number of esters is 3. The summed E-state index contributed by atoms with van der Waals surface area (Å²) < 4.78 is 52.1. The molecule has 6 aromatic heterocycles. The van der Waals surface area contributed by atoms with Crippen LogP contribution in [-0.2, 0) is 44.1 Å². The van der Waals surface area contributed by atoms with Crippen molar-refractivity contribution < 1.29 is 59.1 Å². The van der Waals surface area contributed by atoms with Crippen LogP contribution in [-0.4, -0.2) is 64.3 Å². The molecule has 0 fully saturated rings. The van der Waals surface area contributed by atoms with Gasteiger partial charge < -0.3 is 24.4 Å². The van der Waals surface area contributed by atoms with E-state index in [0.29, 0.717) is 28.5 Å². The first-order valence-corrected chi connectivity index (χ1v) is 20.5. The number of ether oxygens (including phenoxy) is 3. The van der Waals surface area contributed by atoms with Gasteiger partial charge in [-0.25, -0.2) is 19.4 Å². The minimum atomic E-state index is -4.49. The second-order valence-corrected chi connectivity index (χ2v) is 13.3. The van der Waals surface area contributed by atoms with Crippen LogP contribution in [0.5, 0.6) is 0 Å². The van der Waals surface area contributed by atoms with Crippen LogP contribution in [0.2, 0.25) is 0 Å². The summed E-state index contributed by atoms with van der Waals surface area (Å²) in [4.78, 5) is 55.5. The van der Waals surface area contributed by atoms with Gasteiger partial charge in [-0.05, 0) is 79.6 Å². The summed E-state index contributed by atoms with van der Waals surface area (Å²) in [6.45, 7) is 2.20. The second kappa shape index (κ2) is 22.0. The fourth-order valence-electron chi connectivity index (χ4n) is 5.30. The molecular formula is C40H36ClF3N6O6RuS. The molecule has 0 unspecified atom stereocenters. The molecule has 58 heavy (non-hydrogen) atoms. The van der Waals surface area contributed by atoms with Crippen LogP contribution >= 0.6 is 21.0 Å². The number of halogens is 4. The summed E-state index contributed by atoms with van der Waals surface area (Å²) in [5.41, 5.74) is 2.53. The maximum absolute atomic E-state index is 12.6. The van der Waals surface area contributed by atoms with Gasteiger partial charge in [-0.15, -0.1) is 11.3 Å². The molecule has 0 saturated carbocycles. The van der Waals surface area contributed by atoms with Gasteiger partial charge in [0.2, 0.25) is 0 Å². The number of carbonyl (C=O) groups excluding carboxylic acids is 3. The summed E-state index contributed by atoms with van der Waals surface area (Å²) in [5, 5.41) is 6.75. The van der Waals surface area contributed by atoms with Gasteiger partial charge in [-0.3, -0.25) is 15.0 Å². The molecule has 0 atom stereocenters. The SMILES string of the molecule is CCCCCCc1ccc(-c2ccc(-c3cc(C(F)(F)F)n[n-]3)nc2)s1.COC(=O)c1ccnc(-c2cc(C(=O)OC)cc(-c3cc(C(=O)OC)ccn3)n2)c1.[Cl][Ru+]. The van der Waals surface area contributed by atoms with Crippen LogP contribution in [0.4, 0.5) is 13.2 Å². The Morgan fingerprint density at radius 2 is 1.28 bits per heavy atom. The Labute approximate surface area is 350 Å². The number of hydrogen-bond donors (Lipinski definition) is 0. The van der Waals surface area contributed by atoms with Crippen LogP contribution in [0.25, 0.3) is 44.6 Å². The van der Waals surface area contributed by atoms with Crippen molar-refractivity contribution in [2.24, 2.45) is 0 Å². The molecule has 0 aliphatic rings. The zero-order valence-electron chi connectivity index (χ0n) is 31.5. The Hall–Kier alpha value is -5.38. The van der Waals surface area contributed by atoms with Crippen LogP contribution in [0.3, 0.4) is 0 Å². The molecule has 0 radical (unpaired) electrons. The van der Waals surface area contributed by atoms with Crippen molar-refractivity contribution in [3.05, 3.63) is 113 Å². The molecule has 0 N–H and O–H groups in total. The minimum absolute atomic E-state index is 0.131. The number of thiophene rings is 1. The van der Waals surface area contributed by atoms with Crippen molar-refractivity contribution >= 4 is 38.9 Å². The Kier molecular flexibility index (Phi) is 17.2. The second-order valence-electron chi connectivity index (χ2n) is 12.1. The van der Waals surface area contributed by atoms with Crippen LogP contribution < -0.4 is 5.10 Å². The van der Waals surface area contributed by atoms with Crippen molar-refractivity contribution in [1.29, 1.82) is 0 Å². The van der Waals surface area contributed by atoms with E-state index in [-0.39, 0.29) is 22.4 Å². The number of nitrogens with zero attached hydrogens (tertiary/aromatic N) is 6. The summed E-state index contributed by atoms with van der Waals surface area (Å²) >= 11 is 3.56. The summed E-state index contributed by atoms with van der Waals surface area (Å²) in [5.74, 6) is -1.65. The first-order chi connectivity index (χ1) is 27.9. The predicted molar refractivity (Wildman–Crippen MR) is 208 cm³/mol. The van der Waals surface area contributed by atoms with E-state index in [4.69, 9.17) is 14.2 Å². The maximum atomic E-state index is 12.6. The molecule has 6 aromatic rings. The molecule has 0 saturated heterocycles. The molecule has 0 aliphatic carbocycles. The first-order valence-electron chi connectivity index (χ1n) is 17.4. The Balaban J connectivity index is 0.000000248. The van der Waals surface area contributed by atoms with Crippen molar-refractivity contribution in [3.8, 4) is 44.6 Å². The van der Waals surface area contributed by atoms with Gasteiger partial charge in [0.25, 0.3) is 0 Å². The number of aryl methyl sites for hydroxylation is 1. The van der Waals surface area contributed by atoms with E-state index in [0.717, 1.165) is 22.9 Å². The topological polar surface area (TPSA) is 157 Å². The van der Waals surface area contributed by atoms with Crippen LogP contribution in [0, 0.1) is 0 Å². The van der Waals surface area contributed by atoms with Gasteiger partial charge in [-0.1, -0.05) is 31.9 Å². The van der Waals surface area contributed by atoms with E-state index in [1.54, 1.807) is 23.6 Å². The molecule has 0 aliphatic heterocycles. The molecule has 18 heteroatoms. The van der Waals surface area contributed by atoms with Gasteiger partial charge in [0.05, 0.1) is 60.8 Å². The predicted octanol–water partition coefficient (Wildman–Crippen LogP) is 9.22. The Morgan fingerprint density at radius 3 is 1.78 bits per heavy atom. The van der Waals surface area contributed by atoms with Crippen LogP contribution in [0.1, 0.15) is 74.3 Å². The van der Waals surface area contributed by atoms with Gasteiger partial charge in [0.1, 0.15) is 5.69 Å². The van der Waals surface area contributed by atoms with E-state index < -0.39 is 29.8 Å². The van der Waals surface area contributed by atoms with E-state index in [2.05, 4.69) is 58.9 Å². The van der Waals surface area contributed by atoms with E-state index in [1.807, 2.05) is 23.4 Å². The molecular weight excluding hydrogens is 886 g/mol. The zero-order valence-corrected chi connectivity index (χ0v) is 34.8. The molecule has 0 aromatic carbocycles. The van der Waals surface area contributed by atoms with E-state index in [1.165, 1.54) is 101 Å². The molecule has 304 valence electrons. The van der Waals surface area contributed by atoms with Crippen molar-refractivity contribution in [2.75, 3.05) is 21.3 Å². The molecule has 0 spiro atoms. The van der Waals surface area contributed by atoms with Crippen molar-refractivity contribution in [2.45, 2.75) is 45.2 Å². The zero-order chi connectivity index (χ0) is 42.2. The van der Waals surface area contributed by atoms with Gasteiger partial charge in [-0.2, -0.15) is 13.2 Å². The Bertz CT molecular complexity index is 2230. The summed E-state index contributed by atoms with van der Waals surface area (Å²) in [6.07, 6.45) is 6.08. The van der Waals surface area contributed by atoms with Crippen molar-refractivity contribution in [3.63, 3.8) is 0 Å². The fourth-order valence-corrected chi connectivity index (χ4v) is 6.34. The third kappa shape index (κ3) is 12.3. The number of alkyl halides is 3. The molecule has 0 amide bonds.